The Kier molecular flexibility index (Phi) is 8.96. The van der Waals surface area contributed by atoms with Crippen molar-refractivity contribution in [3.63, 3.8) is 0 Å². The third-order valence-corrected chi connectivity index (χ3v) is 3.94. The lowest BCUT2D eigenvalue weighted by Gasteiger charge is -2.14. The molecule has 1 unspecified atom stereocenters. The second kappa shape index (κ2) is 10.7. The molecule has 0 aliphatic heterocycles. The summed E-state index contributed by atoms with van der Waals surface area (Å²) < 4.78 is 11.0. The number of hydrogen-bond acceptors (Lipinski definition) is 4. The van der Waals surface area contributed by atoms with Gasteiger partial charge in [-0.05, 0) is 49.6 Å². The molecule has 2 aromatic carbocycles. The number of nitrogens with two attached hydrogens (primary N) is 1. The highest BCUT2D eigenvalue weighted by Gasteiger charge is 2.10. The summed E-state index contributed by atoms with van der Waals surface area (Å²) in [6, 6.07) is 13.4. The summed E-state index contributed by atoms with van der Waals surface area (Å²) >= 11 is 0. The molecule has 0 aliphatic carbocycles. The Bertz CT molecular complexity index is 705. The third-order valence-electron chi connectivity index (χ3n) is 3.94. The van der Waals surface area contributed by atoms with Gasteiger partial charge in [-0.15, -0.1) is 12.4 Å². The van der Waals surface area contributed by atoms with Crippen LogP contribution in [0.25, 0.3) is 0 Å². The van der Waals surface area contributed by atoms with Gasteiger partial charge < -0.3 is 20.5 Å². The van der Waals surface area contributed by atoms with E-state index in [4.69, 9.17) is 15.2 Å². The van der Waals surface area contributed by atoms with E-state index in [9.17, 15) is 4.79 Å². The number of hydrogen-bond donors (Lipinski definition) is 2. The Morgan fingerprint density at radius 2 is 1.85 bits per heavy atom. The zero-order valence-corrected chi connectivity index (χ0v) is 16.3. The van der Waals surface area contributed by atoms with Gasteiger partial charge in [-0.3, -0.25) is 4.79 Å². The molecule has 0 aromatic heterocycles. The fourth-order valence-corrected chi connectivity index (χ4v) is 2.38. The van der Waals surface area contributed by atoms with Crippen molar-refractivity contribution in [1.29, 1.82) is 0 Å². The van der Waals surface area contributed by atoms with Gasteiger partial charge >= 0.3 is 0 Å². The van der Waals surface area contributed by atoms with Crippen molar-refractivity contribution in [3.8, 4) is 11.5 Å². The minimum absolute atomic E-state index is 0. The van der Waals surface area contributed by atoms with Crippen LogP contribution in [-0.2, 0) is 11.2 Å². The highest BCUT2D eigenvalue weighted by atomic mass is 35.5. The molecule has 0 saturated heterocycles. The van der Waals surface area contributed by atoms with Crippen molar-refractivity contribution in [2.45, 2.75) is 32.7 Å². The van der Waals surface area contributed by atoms with Gasteiger partial charge in [-0.1, -0.05) is 30.7 Å². The molecule has 0 bridgehead atoms. The van der Waals surface area contributed by atoms with Crippen LogP contribution in [0.3, 0.4) is 0 Å². The summed E-state index contributed by atoms with van der Waals surface area (Å²) in [5.74, 6) is 0.919. The lowest BCUT2D eigenvalue weighted by atomic mass is 10.0. The van der Waals surface area contributed by atoms with Gasteiger partial charge in [0.1, 0.15) is 0 Å². The van der Waals surface area contributed by atoms with E-state index in [1.165, 1.54) is 0 Å². The molecule has 2 rings (SSSR count). The minimum atomic E-state index is -0.219. The molecule has 142 valence electrons. The molecule has 1 amide bonds. The fourth-order valence-electron chi connectivity index (χ4n) is 2.38. The maximum atomic E-state index is 12.0. The van der Waals surface area contributed by atoms with Crippen LogP contribution in [0.2, 0.25) is 0 Å². The van der Waals surface area contributed by atoms with E-state index in [0.29, 0.717) is 11.5 Å². The maximum Gasteiger partial charge on any atom is 0.262 e. The Morgan fingerprint density at radius 1 is 1.15 bits per heavy atom. The van der Waals surface area contributed by atoms with E-state index in [2.05, 4.69) is 12.2 Å². The van der Waals surface area contributed by atoms with E-state index >= 15 is 0 Å². The number of carbonyl (C=O) groups excluding carboxylic acids is 1. The van der Waals surface area contributed by atoms with Crippen LogP contribution < -0.4 is 20.5 Å². The Balaban J connectivity index is 0.00000338. The number of rotatable bonds is 8. The second-order valence-corrected chi connectivity index (χ2v) is 6.06. The van der Waals surface area contributed by atoms with E-state index < -0.39 is 0 Å². The molecule has 6 heteroatoms. The Labute approximate surface area is 161 Å². The fraction of sp³-hybridized carbons (Fsp3) is 0.350. The Morgan fingerprint density at radius 3 is 2.46 bits per heavy atom. The van der Waals surface area contributed by atoms with E-state index in [0.717, 1.165) is 29.7 Å². The van der Waals surface area contributed by atoms with Crippen LogP contribution in [0, 0.1) is 6.92 Å². The van der Waals surface area contributed by atoms with Gasteiger partial charge in [0.05, 0.1) is 7.11 Å². The molecule has 1 atom stereocenters. The lowest BCUT2D eigenvalue weighted by Crippen LogP contribution is -2.21. The van der Waals surface area contributed by atoms with E-state index in [-0.39, 0.29) is 31.0 Å². The van der Waals surface area contributed by atoms with Crippen LogP contribution in [0.1, 0.15) is 24.5 Å². The smallest absolute Gasteiger partial charge is 0.262 e. The summed E-state index contributed by atoms with van der Waals surface area (Å²) in [4.78, 5) is 12.0. The standard InChI is InChI=1S/C20H26N2O3.ClH/c1-4-16(21)11-15-7-10-18(19(12-15)24-3)25-13-20(23)22-17-8-5-14(2)6-9-17;/h5-10,12,16H,4,11,13,21H2,1-3H3,(H,22,23);1H. The molecule has 0 aliphatic rings. The molecule has 3 N–H and O–H groups in total. The quantitative estimate of drug-likeness (QED) is 0.734. The molecular weight excluding hydrogens is 352 g/mol. The molecule has 2 aromatic rings. The first kappa shape index (κ1) is 21.8. The predicted octanol–water partition coefficient (Wildman–Crippen LogP) is 3.72. The summed E-state index contributed by atoms with van der Waals surface area (Å²) in [5, 5.41) is 2.80. The summed E-state index contributed by atoms with van der Waals surface area (Å²) in [6.45, 7) is 3.97. The Hall–Kier alpha value is -2.24. The molecule has 0 radical (unpaired) electrons. The predicted molar refractivity (Wildman–Crippen MR) is 108 cm³/mol. The first-order chi connectivity index (χ1) is 12.0. The van der Waals surface area contributed by atoms with E-state index in [1.54, 1.807) is 7.11 Å². The number of anilines is 1. The summed E-state index contributed by atoms with van der Waals surface area (Å²) in [7, 11) is 1.58. The maximum absolute atomic E-state index is 12.0. The van der Waals surface area contributed by atoms with Crippen LogP contribution in [0.5, 0.6) is 11.5 Å². The zero-order valence-electron chi connectivity index (χ0n) is 15.5. The van der Waals surface area contributed by atoms with Gasteiger partial charge in [-0.2, -0.15) is 0 Å². The van der Waals surface area contributed by atoms with Crippen molar-refractivity contribution in [1.82, 2.24) is 0 Å². The molecule has 0 spiro atoms. The molecule has 0 heterocycles. The average Bonchev–Trinajstić information content (AvgIpc) is 2.62. The van der Waals surface area contributed by atoms with Crippen molar-refractivity contribution in [3.05, 3.63) is 53.6 Å². The van der Waals surface area contributed by atoms with Crippen LogP contribution >= 0.6 is 12.4 Å². The van der Waals surface area contributed by atoms with Crippen molar-refractivity contribution < 1.29 is 14.3 Å². The topological polar surface area (TPSA) is 73.6 Å². The molecule has 26 heavy (non-hydrogen) atoms. The largest absolute Gasteiger partial charge is 0.493 e. The van der Waals surface area contributed by atoms with Crippen LogP contribution in [-0.4, -0.2) is 25.7 Å². The van der Waals surface area contributed by atoms with E-state index in [1.807, 2.05) is 49.4 Å². The normalized spacial score (nSPS) is 11.2. The van der Waals surface area contributed by atoms with Gasteiger partial charge in [-0.25, -0.2) is 0 Å². The number of aryl methyl sites for hydroxylation is 1. The molecular formula is C20H27ClN2O3. The molecule has 5 nitrogen and oxygen atoms in total. The van der Waals surface area contributed by atoms with Crippen molar-refractivity contribution in [2.75, 3.05) is 19.0 Å². The first-order valence-electron chi connectivity index (χ1n) is 8.43. The highest BCUT2D eigenvalue weighted by Crippen LogP contribution is 2.28. The number of amides is 1. The number of nitrogens with one attached hydrogen (secondary N) is 1. The number of benzene rings is 2. The van der Waals surface area contributed by atoms with Gasteiger partial charge in [0.15, 0.2) is 18.1 Å². The van der Waals surface area contributed by atoms with Crippen LogP contribution in [0.4, 0.5) is 5.69 Å². The third kappa shape index (κ3) is 6.58. The number of carbonyl (C=O) groups is 1. The number of halogens is 1. The lowest BCUT2D eigenvalue weighted by molar-refractivity contribution is -0.118. The second-order valence-electron chi connectivity index (χ2n) is 6.06. The zero-order chi connectivity index (χ0) is 18.2. The van der Waals surface area contributed by atoms with Gasteiger partial charge in [0.25, 0.3) is 5.91 Å². The summed E-state index contributed by atoms with van der Waals surface area (Å²) in [5.41, 5.74) is 8.96. The van der Waals surface area contributed by atoms with Gasteiger partial charge in [0.2, 0.25) is 0 Å². The SMILES string of the molecule is CCC(N)Cc1ccc(OCC(=O)Nc2ccc(C)cc2)c(OC)c1.Cl. The first-order valence-corrected chi connectivity index (χ1v) is 8.43. The molecule has 0 fully saturated rings. The number of ether oxygens (including phenoxy) is 2. The highest BCUT2D eigenvalue weighted by molar-refractivity contribution is 5.91. The monoisotopic (exact) mass is 378 g/mol. The average molecular weight is 379 g/mol. The van der Waals surface area contributed by atoms with Gasteiger partial charge in [0, 0.05) is 11.7 Å². The summed E-state index contributed by atoms with van der Waals surface area (Å²) in [6.07, 6.45) is 1.70. The van der Waals surface area contributed by atoms with Crippen molar-refractivity contribution in [2.24, 2.45) is 5.73 Å². The van der Waals surface area contributed by atoms with Crippen molar-refractivity contribution >= 4 is 24.0 Å². The van der Waals surface area contributed by atoms with Crippen LogP contribution in [0.15, 0.2) is 42.5 Å². The molecule has 0 saturated carbocycles. The minimum Gasteiger partial charge on any atom is -0.493 e. The number of methoxy groups -OCH3 is 1.